The number of ether oxygens (including phenoxy) is 2. The van der Waals surface area contributed by atoms with Gasteiger partial charge in [0.15, 0.2) is 17.3 Å². The third kappa shape index (κ3) is 2.81. The Morgan fingerprint density at radius 3 is 2.55 bits per heavy atom. The summed E-state index contributed by atoms with van der Waals surface area (Å²) in [5, 5.41) is 0. The van der Waals surface area contributed by atoms with Gasteiger partial charge >= 0.3 is 0 Å². The normalized spacial score (nSPS) is 10.6. The molecule has 0 unspecified atom stereocenters. The number of nitrogens with one attached hydrogen (secondary N) is 2. The van der Waals surface area contributed by atoms with Gasteiger partial charge in [-0.25, -0.2) is 9.97 Å². The second-order valence-corrected chi connectivity index (χ2v) is 4.64. The van der Waals surface area contributed by atoms with Crippen molar-refractivity contribution in [2.45, 2.75) is 13.8 Å². The van der Waals surface area contributed by atoms with Crippen LogP contribution in [0.4, 0.5) is 0 Å². The van der Waals surface area contributed by atoms with Gasteiger partial charge in [-0.2, -0.15) is 0 Å². The second-order valence-electron chi connectivity index (χ2n) is 4.64. The molecule has 0 radical (unpaired) electrons. The molecule has 3 rings (SSSR count). The zero-order valence-corrected chi connectivity index (χ0v) is 12.6. The number of imidazole rings is 2. The molecule has 22 heavy (non-hydrogen) atoms. The number of rotatable bonds is 6. The topological polar surface area (TPSA) is 75.8 Å². The third-order valence-corrected chi connectivity index (χ3v) is 3.18. The summed E-state index contributed by atoms with van der Waals surface area (Å²) in [7, 11) is 0. The van der Waals surface area contributed by atoms with Crippen molar-refractivity contribution in [1.82, 2.24) is 19.9 Å². The predicted octanol–water partition coefficient (Wildman–Crippen LogP) is 3.26. The van der Waals surface area contributed by atoms with E-state index in [9.17, 15) is 0 Å². The highest BCUT2D eigenvalue weighted by Crippen LogP contribution is 2.32. The summed E-state index contributed by atoms with van der Waals surface area (Å²) in [6, 6.07) is 5.86. The lowest BCUT2D eigenvalue weighted by Crippen LogP contribution is -1.98. The summed E-state index contributed by atoms with van der Waals surface area (Å²) in [5.74, 6) is 2.24. The van der Waals surface area contributed by atoms with Crippen molar-refractivity contribution in [3.8, 4) is 34.3 Å². The maximum absolute atomic E-state index is 5.66. The highest BCUT2D eigenvalue weighted by Gasteiger charge is 2.10. The smallest absolute Gasteiger partial charge is 0.161 e. The van der Waals surface area contributed by atoms with Crippen molar-refractivity contribution in [3.05, 3.63) is 36.9 Å². The van der Waals surface area contributed by atoms with Crippen LogP contribution in [0.5, 0.6) is 11.5 Å². The predicted molar refractivity (Wildman–Crippen MR) is 83.9 cm³/mol. The van der Waals surface area contributed by atoms with Gasteiger partial charge in [0.2, 0.25) is 0 Å². The molecule has 0 aliphatic rings. The van der Waals surface area contributed by atoms with Gasteiger partial charge in [-0.15, -0.1) is 0 Å². The maximum atomic E-state index is 5.66. The maximum Gasteiger partial charge on any atom is 0.161 e. The fourth-order valence-electron chi connectivity index (χ4n) is 2.21. The molecule has 1 aromatic carbocycles. The number of benzene rings is 1. The van der Waals surface area contributed by atoms with Crippen LogP contribution in [0.3, 0.4) is 0 Å². The number of nitrogens with zero attached hydrogens (tertiary/aromatic N) is 2. The molecule has 0 bridgehead atoms. The quantitative estimate of drug-likeness (QED) is 0.732. The number of hydrogen-bond donors (Lipinski definition) is 2. The summed E-state index contributed by atoms with van der Waals surface area (Å²) in [6.45, 7) is 5.10. The van der Waals surface area contributed by atoms with E-state index in [0.29, 0.717) is 13.2 Å². The Labute approximate surface area is 128 Å². The van der Waals surface area contributed by atoms with Crippen molar-refractivity contribution in [3.63, 3.8) is 0 Å². The molecule has 3 aromatic rings. The Balaban J connectivity index is 1.93. The van der Waals surface area contributed by atoms with Crippen LogP contribution < -0.4 is 9.47 Å². The zero-order chi connectivity index (χ0) is 15.4. The second kappa shape index (κ2) is 6.34. The lowest BCUT2D eigenvalue weighted by molar-refractivity contribution is 0.288. The van der Waals surface area contributed by atoms with E-state index >= 15 is 0 Å². The molecule has 0 atom stereocenters. The molecule has 6 nitrogen and oxygen atoms in total. The highest BCUT2D eigenvalue weighted by molar-refractivity contribution is 5.66. The van der Waals surface area contributed by atoms with Gasteiger partial charge in [0.25, 0.3) is 0 Å². The molecular formula is C16H18N4O2. The first-order chi connectivity index (χ1) is 10.8. The number of aromatic nitrogens is 4. The number of hydrogen-bond acceptors (Lipinski definition) is 4. The van der Waals surface area contributed by atoms with Crippen LogP contribution in [0.1, 0.15) is 13.8 Å². The molecule has 0 saturated heterocycles. The van der Waals surface area contributed by atoms with Crippen molar-refractivity contribution < 1.29 is 9.47 Å². The fourth-order valence-corrected chi connectivity index (χ4v) is 2.21. The zero-order valence-electron chi connectivity index (χ0n) is 12.6. The van der Waals surface area contributed by atoms with E-state index in [1.54, 1.807) is 18.7 Å². The van der Waals surface area contributed by atoms with Gasteiger partial charge in [-0.1, -0.05) is 0 Å². The third-order valence-electron chi connectivity index (χ3n) is 3.18. The van der Waals surface area contributed by atoms with Crippen LogP contribution in [0.15, 0.2) is 36.9 Å². The average Bonchev–Trinajstić information content (AvgIpc) is 3.20. The first-order valence-electron chi connectivity index (χ1n) is 7.25. The van der Waals surface area contributed by atoms with Crippen molar-refractivity contribution in [1.29, 1.82) is 0 Å². The Kier molecular flexibility index (Phi) is 4.09. The Morgan fingerprint density at radius 1 is 1.00 bits per heavy atom. The fraction of sp³-hybridized carbons (Fsp3) is 0.250. The van der Waals surface area contributed by atoms with E-state index < -0.39 is 0 Å². The van der Waals surface area contributed by atoms with Gasteiger partial charge < -0.3 is 19.4 Å². The lowest BCUT2D eigenvalue weighted by Gasteiger charge is -2.11. The Hall–Kier alpha value is -2.76. The molecule has 114 valence electrons. The molecule has 0 aliphatic carbocycles. The largest absolute Gasteiger partial charge is 0.490 e. The van der Waals surface area contributed by atoms with Gasteiger partial charge in [0, 0.05) is 5.56 Å². The van der Waals surface area contributed by atoms with Crippen LogP contribution >= 0.6 is 0 Å². The molecule has 0 aliphatic heterocycles. The molecule has 2 aromatic heterocycles. The van der Waals surface area contributed by atoms with Crippen LogP contribution in [0.25, 0.3) is 22.8 Å². The summed E-state index contributed by atoms with van der Waals surface area (Å²) < 4.78 is 11.2. The summed E-state index contributed by atoms with van der Waals surface area (Å²) in [5.41, 5.74) is 2.75. The van der Waals surface area contributed by atoms with E-state index in [-0.39, 0.29) is 0 Å². The summed E-state index contributed by atoms with van der Waals surface area (Å²) in [6.07, 6.45) is 5.15. The minimum atomic E-state index is 0.589. The van der Waals surface area contributed by atoms with Crippen molar-refractivity contribution >= 4 is 0 Å². The van der Waals surface area contributed by atoms with Crippen LogP contribution in [-0.2, 0) is 0 Å². The highest BCUT2D eigenvalue weighted by atomic mass is 16.5. The van der Waals surface area contributed by atoms with Gasteiger partial charge in [-0.05, 0) is 32.0 Å². The van der Waals surface area contributed by atoms with Crippen LogP contribution in [-0.4, -0.2) is 33.1 Å². The monoisotopic (exact) mass is 298 g/mol. The Morgan fingerprint density at radius 2 is 1.82 bits per heavy atom. The molecule has 2 heterocycles. The van der Waals surface area contributed by atoms with Crippen molar-refractivity contribution in [2.75, 3.05) is 13.2 Å². The molecular weight excluding hydrogens is 280 g/mol. The minimum absolute atomic E-state index is 0.589. The minimum Gasteiger partial charge on any atom is -0.490 e. The molecule has 6 heteroatoms. The van der Waals surface area contributed by atoms with E-state index in [4.69, 9.17) is 9.47 Å². The molecule has 0 fully saturated rings. The van der Waals surface area contributed by atoms with E-state index in [2.05, 4.69) is 19.9 Å². The molecule has 2 N–H and O–H groups in total. The van der Waals surface area contributed by atoms with E-state index in [1.165, 1.54) is 0 Å². The van der Waals surface area contributed by atoms with Crippen molar-refractivity contribution in [2.24, 2.45) is 0 Å². The summed E-state index contributed by atoms with van der Waals surface area (Å²) >= 11 is 0. The van der Waals surface area contributed by atoms with Crippen LogP contribution in [0.2, 0.25) is 0 Å². The standard InChI is InChI=1S/C16H18N4O2/c1-3-21-14-6-5-11(7-15(14)22-4-2)12-9-18-16(20-12)13-8-17-10-19-13/h5-10H,3-4H2,1-2H3,(H,17,19)(H,18,20). The van der Waals surface area contributed by atoms with E-state index in [0.717, 1.165) is 34.3 Å². The van der Waals surface area contributed by atoms with Gasteiger partial charge in [0.1, 0.15) is 5.69 Å². The average molecular weight is 298 g/mol. The molecule has 0 amide bonds. The summed E-state index contributed by atoms with van der Waals surface area (Å²) in [4.78, 5) is 14.7. The first kappa shape index (κ1) is 14.2. The number of aromatic amines is 2. The van der Waals surface area contributed by atoms with E-state index in [1.807, 2.05) is 32.0 Å². The Bertz CT molecular complexity index is 734. The SMILES string of the molecule is CCOc1ccc(-c2cnc(-c3cnc[nH]3)[nH]2)cc1OCC. The molecule has 0 spiro atoms. The lowest BCUT2D eigenvalue weighted by atomic mass is 10.1. The van der Waals surface area contributed by atoms with Crippen LogP contribution in [0, 0.1) is 0 Å². The first-order valence-corrected chi connectivity index (χ1v) is 7.25. The van der Waals surface area contributed by atoms with Gasteiger partial charge in [0.05, 0.1) is 37.6 Å². The molecule has 0 saturated carbocycles. The number of H-pyrrole nitrogens is 2. The van der Waals surface area contributed by atoms with Gasteiger partial charge in [-0.3, -0.25) is 0 Å².